The fourth-order valence-electron chi connectivity index (χ4n) is 2.68. The van der Waals surface area contributed by atoms with Crippen molar-refractivity contribution in [2.75, 3.05) is 6.61 Å². The summed E-state index contributed by atoms with van der Waals surface area (Å²) in [5, 5.41) is 0. The lowest BCUT2D eigenvalue weighted by Crippen LogP contribution is -2.12. The molecule has 2 aromatic rings. The topological polar surface area (TPSA) is 35.2 Å². The summed E-state index contributed by atoms with van der Waals surface area (Å²) in [4.78, 5) is 0. The number of ether oxygens (including phenoxy) is 1. The van der Waals surface area contributed by atoms with Gasteiger partial charge in [-0.05, 0) is 57.6 Å². The second kappa shape index (κ2) is 6.16. The van der Waals surface area contributed by atoms with Crippen LogP contribution in [0.1, 0.15) is 29.2 Å². The van der Waals surface area contributed by atoms with Crippen LogP contribution in [-0.2, 0) is 12.8 Å². The molecule has 2 aromatic carbocycles. The summed E-state index contributed by atoms with van der Waals surface area (Å²) in [5.74, 6) is 0.730. The standard InChI is InChI=1S/C17H17BrFNO/c18-17-13(2-1-3-14(17)19)15(20)6-4-11-5-7-16-12(10-11)8-9-21-16/h1-3,5,7,10,15H,4,6,8-9,20H2. The van der Waals surface area contributed by atoms with Crippen LogP contribution >= 0.6 is 15.9 Å². The number of hydrogen-bond acceptors (Lipinski definition) is 2. The Balaban J connectivity index is 1.68. The van der Waals surface area contributed by atoms with Gasteiger partial charge >= 0.3 is 0 Å². The van der Waals surface area contributed by atoms with E-state index in [2.05, 4.69) is 28.1 Å². The van der Waals surface area contributed by atoms with Gasteiger partial charge < -0.3 is 10.5 Å². The minimum Gasteiger partial charge on any atom is -0.493 e. The van der Waals surface area contributed by atoms with Crippen molar-refractivity contribution < 1.29 is 9.13 Å². The third-order valence-electron chi connectivity index (χ3n) is 3.88. The molecule has 1 aliphatic heterocycles. The minimum atomic E-state index is -0.266. The van der Waals surface area contributed by atoms with E-state index < -0.39 is 0 Å². The highest BCUT2D eigenvalue weighted by Gasteiger charge is 2.15. The third-order valence-corrected chi connectivity index (χ3v) is 4.72. The zero-order valence-electron chi connectivity index (χ0n) is 11.6. The molecular formula is C17H17BrFNO. The molecular weight excluding hydrogens is 333 g/mol. The second-order valence-electron chi connectivity index (χ2n) is 5.33. The lowest BCUT2D eigenvalue weighted by molar-refractivity contribution is 0.357. The van der Waals surface area contributed by atoms with Crippen LogP contribution in [0.4, 0.5) is 4.39 Å². The first kappa shape index (κ1) is 14.5. The molecule has 2 N–H and O–H groups in total. The van der Waals surface area contributed by atoms with E-state index in [9.17, 15) is 4.39 Å². The largest absolute Gasteiger partial charge is 0.493 e. The lowest BCUT2D eigenvalue weighted by atomic mass is 9.98. The Labute approximate surface area is 132 Å². The SMILES string of the molecule is NC(CCc1ccc2c(c1)CCO2)c1cccc(F)c1Br. The molecule has 0 radical (unpaired) electrons. The summed E-state index contributed by atoms with van der Waals surface area (Å²) in [6.07, 6.45) is 2.63. The van der Waals surface area contributed by atoms with Gasteiger partial charge in [0.2, 0.25) is 0 Å². The van der Waals surface area contributed by atoms with Crippen LogP contribution in [0.2, 0.25) is 0 Å². The van der Waals surface area contributed by atoms with Gasteiger partial charge in [0, 0.05) is 12.5 Å². The maximum absolute atomic E-state index is 13.5. The highest BCUT2D eigenvalue weighted by Crippen LogP contribution is 2.29. The Morgan fingerprint density at radius 3 is 3.00 bits per heavy atom. The Bertz CT molecular complexity index is 659. The molecule has 0 fully saturated rings. The third kappa shape index (κ3) is 3.11. The molecule has 4 heteroatoms. The molecule has 0 aromatic heterocycles. The average Bonchev–Trinajstić information content (AvgIpc) is 2.95. The van der Waals surface area contributed by atoms with Crippen LogP contribution in [0.3, 0.4) is 0 Å². The van der Waals surface area contributed by atoms with Crippen molar-refractivity contribution >= 4 is 15.9 Å². The molecule has 0 saturated carbocycles. The van der Waals surface area contributed by atoms with Crippen molar-refractivity contribution in [1.82, 2.24) is 0 Å². The zero-order valence-corrected chi connectivity index (χ0v) is 13.2. The van der Waals surface area contributed by atoms with Gasteiger partial charge in [-0.2, -0.15) is 0 Å². The van der Waals surface area contributed by atoms with Crippen molar-refractivity contribution in [1.29, 1.82) is 0 Å². The first-order chi connectivity index (χ1) is 10.1. The predicted octanol–water partition coefficient (Wildman–Crippen LogP) is 4.16. The Kier molecular flexibility index (Phi) is 4.27. The summed E-state index contributed by atoms with van der Waals surface area (Å²) in [6.45, 7) is 0.772. The molecule has 110 valence electrons. The highest BCUT2D eigenvalue weighted by molar-refractivity contribution is 9.10. The van der Waals surface area contributed by atoms with Crippen molar-refractivity contribution in [3.05, 3.63) is 63.4 Å². The highest BCUT2D eigenvalue weighted by atomic mass is 79.9. The number of hydrogen-bond donors (Lipinski definition) is 1. The van der Waals surface area contributed by atoms with Gasteiger partial charge in [0.1, 0.15) is 11.6 Å². The summed E-state index contributed by atoms with van der Waals surface area (Å²) >= 11 is 3.28. The number of benzene rings is 2. The van der Waals surface area contributed by atoms with Crippen LogP contribution in [0, 0.1) is 5.82 Å². The van der Waals surface area contributed by atoms with E-state index in [1.165, 1.54) is 17.2 Å². The summed E-state index contributed by atoms with van der Waals surface area (Å²) in [7, 11) is 0. The van der Waals surface area contributed by atoms with E-state index in [0.29, 0.717) is 4.47 Å². The molecule has 1 atom stereocenters. The van der Waals surface area contributed by atoms with Crippen LogP contribution in [0.5, 0.6) is 5.75 Å². The van der Waals surface area contributed by atoms with Gasteiger partial charge in [-0.25, -0.2) is 4.39 Å². The predicted molar refractivity (Wildman–Crippen MR) is 85.0 cm³/mol. The molecule has 21 heavy (non-hydrogen) atoms. The van der Waals surface area contributed by atoms with Crippen molar-refractivity contribution in [2.45, 2.75) is 25.3 Å². The van der Waals surface area contributed by atoms with E-state index in [-0.39, 0.29) is 11.9 Å². The minimum absolute atomic E-state index is 0.181. The van der Waals surface area contributed by atoms with E-state index in [1.807, 2.05) is 12.1 Å². The van der Waals surface area contributed by atoms with Crippen molar-refractivity contribution in [3.63, 3.8) is 0 Å². The van der Waals surface area contributed by atoms with Crippen molar-refractivity contribution in [3.8, 4) is 5.75 Å². The molecule has 0 saturated heterocycles. The molecule has 0 aliphatic carbocycles. The number of halogens is 2. The summed E-state index contributed by atoms with van der Waals surface area (Å²) in [6, 6.07) is 11.1. The molecule has 3 rings (SSSR count). The summed E-state index contributed by atoms with van der Waals surface area (Å²) in [5.41, 5.74) is 9.55. The van der Waals surface area contributed by atoms with Gasteiger partial charge in [0.15, 0.2) is 0 Å². The second-order valence-corrected chi connectivity index (χ2v) is 6.12. The maximum atomic E-state index is 13.5. The summed E-state index contributed by atoms with van der Waals surface area (Å²) < 4.78 is 19.5. The van der Waals surface area contributed by atoms with E-state index in [1.54, 1.807) is 6.07 Å². The Hall–Kier alpha value is -1.39. The molecule has 0 spiro atoms. The van der Waals surface area contributed by atoms with Crippen LogP contribution in [-0.4, -0.2) is 6.61 Å². The Morgan fingerprint density at radius 1 is 1.29 bits per heavy atom. The molecule has 0 bridgehead atoms. The van der Waals surface area contributed by atoms with Gasteiger partial charge in [0.05, 0.1) is 11.1 Å². The fraction of sp³-hybridized carbons (Fsp3) is 0.294. The van der Waals surface area contributed by atoms with Gasteiger partial charge in [-0.15, -0.1) is 0 Å². The number of fused-ring (bicyclic) bond motifs is 1. The molecule has 1 aliphatic rings. The molecule has 2 nitrogen and oxygen atoms in total. The Morgan fingerprint density at radius 2 is 2.14 bits per heavy atom. The average molecular weight is 350 g/mol. The van der Waals surface area contributed by atoms with E-state index in [0.717, 1.165) is 37.2 Å². The van der Waals surface area contributed by atoms with E-state index >= 15 is 0 Å². The van der Waals surface area contributed by atoms with Crippen LogP contribution in [0.15, 0.2) is 40.9 Å². The van der Waals surface area contributed by atoms with Gasteiger partial charge in [-0.1, -0.05) is 24.3 Å². The smallest absolute Gasteiger partial charge is 0.137 e. The van der Waals surface area contributed by atoms with Gasteiger partial charge in [-0.3, -0.25) is 0 Å². The number of nitrogens with two attached hydrogens (primary N) is 1. The van der Waals surface area contributed by atoms with Gasteiger partial charge in [0.25, 0.3) is 0 Å². The normalized spacial score (nSPS) is 14.6. The molecule has 1 unspecified atom stereocenters. The molecule has 0 amide bonds. The monoisotopic (exact) mass is 349 g/mol. The zero-order chi connectivity index (χ0) is 14.8. The number of aryl methyl sites for hydroxylation is 1. The van der Waals surface area contributed by atoms with E-state index in [4.69, 9.17) is 10.5 Å². The molecule has 1 heterocycles. The lowest BCUT2D eigenvalue weighted by Gasteiger charge is -2.14. The van der Waals surface area contributed by atoms with Crippen LogP contribution in [0.25, 0.3) is 0 Å². The van der Waals surface area contributed by atoms with Crippen molar-refractivity contribution in [2.24, 2.45) is 5.73 Å². The first-order valence-corrected chi connectivity index (χ1v) is 7.88. The maximum Gasteiger partial charge on any atom is 0.137 e. The fourth-order valence-corrected chi connectivity index (χ4v) is 3.24. The first-order valence-electron chi connectivity index (χ1n) is 7.09. The van der Waals surface area contributed by atoms with Crippen LogP contribution < -0.4 is 10.5 Å². The number of rotatable bonds is 4. The quantitative estimate of drug-likeness (QED) is 0.899.